The van der Waals surface area contributed by atoms with Gasteiger partial charge in [0.2, 0.25) is 0 Å². The summed E-state index contributed by atoms with van der Waals surface area (Å²) in [4.78, 5) is 0. The lowest BCUT2D eigenvalue weighted by molar-refractivity contribution is 0.187. The van der Waals surface area contributed by atoms with Crippen LogP contribution in [0.5, 0.6) is 0 Å². The van der Waals surface area contributed by atoms with E-state index in [1.54, 1.807) is 19.2 Å². The zero-order chi connectivity index (χ0) is 14.6. The highest BCUT2D eigenvalue weighted by molar-refractivity contribution is 9.10. The van der Waals surface area contributed by atoms with Gasteiger partial charge in [-0.3, -0.25) is 0 Å². The fourth-order valence-electron chi connectivity index (χ4n) is 2.78. The van der Waals surface area contributed by atoms with Crippen molar-refractivity contribution in [1.29, 1.82) is 0 Å². The van der Waals surface area contributed by atoms with E-state index in [2.05, 4.69) is 28.2 Å². The zero-order valence-electron chi connectivity index (χ0n) is 12.2. The van der Waals surface area contributed by atoms with Crippen molar-refractivity contribution < 1.29 is 9.13 Å². The van der Waals surface area contributed by atoms with Gasteiger partial charge in [-0.15, -0.1) is 0 Å². The summed E-state index contributed by atoms with van der Waals surface area (Å²) < 4.78 is 19.1. The highest BCUT2D eigenvalue weighted by Gasteiger charge is 2.41. The molecule has 112 valence electrons. The number of nitrogens with one attached hydrogen (secondary N) is 1. The van der Waals surface area contributed by atoms with E-state index in [9.17, 15) is 4.39 Å². The van der Waals surface area contributed by atoms with Crippen molar-refractivity contribution in [1.82, 2.24) is 5.32 Å². The van der Waals surface area contributed by atoms with Crippen LogP contribution in [0.3, 0.4) is 0 Å². The number of ether oxygens (including phenoxy) is 1. The van der Waals surface area contributed by atoms with Gasteiger partial charge in [0, 0.05) is 24.7 Å². The molecule has 20 heavy (non-hydrogen) atoms. The Kier molecular flexibility index (Phi) is 5.58. The van der Waals surface area contributed by atoms with Crippen molar-refractivity contribution in [2.24, 2.45) is 11.3 Å². The maximum absolute atomic E-state index is 13.2. The molecule has 1 saturated carbocycles. The second-order valence-electron chi connectivity index (χ2n) is 6.01. The van der Waals surface area contributed by atoms with Crippen LogP contribution in [0.1, 0.15) is 25.3 Å². The molecule has 0 bridgehead atoms. The molecule has 1 aliphatic carbocycles. The molecule has 1 aliphatic rings. The quantitative estimate of drug-likeness (QED) is 0.725. The first-order valence-electron chi connectivity index (χ1n) is 7.19. The Morgan fingerprint density at radius 2 is 2.20 bits per heavy atom. The average Bonchev–Trinajstić information content (AvgIpc) is 3.23. The van der Waals surface area contributed by atoms with Crippen LogP contribution in [0.15, 0.2) is 22.7 Å². The summed E-state index contributed by atoms with van der Waals surface area (Å²) in [6.07, 6.45) is 3.58. The second-order valence-corrected chi connectivity index (χ2v) is 6.86. The molecule has 4 heteroatoms. The highest BCUT2D eigenvalue weighted by Crippen LogP contribution is 2.47. The Labute approximate surface area is 129 Å². The Hall–Kier alpha value is -0.450. The van der Waals surface area contributed by atoms with Gasteiger partial charge in [-0.1, -0.05) is 28.9 Å². The number of hydrogen-bond donors (Lipinski definition) is 1. The van der Waals surface area contributed by atoms with Crippen LogP contribution in [0.4, 0.5) is 4.39 Å². The van der Waals surface area contributed by atoms with Gasteiger partial charge >= 0.3 is 0 Å². The molecule has 0 spiro atoms. The van der Waals surface area contributed by atoms with Gasteiger partial charge in [-0.05, 0) is 48.3 Å². The molecule has 0 saturated heterocycles. The van der Waals surface area contributed by atoms with Gasteiger partial charge in [0.15, 0.2) is 0 Å². The molecule has 0 heterocycles. The number of rotatable bonds is 8. The number of benzene rings is 1. The maximum atomic E-state index is 13.2. The lowest BCUT2D eigenvalue weighted by Crippen LogP contribution is -2.37. The van der Waals surface area contributed by atoms with Gasteiger partial charge in [-0.2, -0.15) is 0 Å². The van der Waals surface area contributed by atoms with Crippen LogP contribution in [-0.4, -0.2) is 26.8 Å². The Morgan fingerprint density at radius 3 is 2.80 bits per heavy atom. The first kappa shape index (κ1) is 15.9. The van der Waals surface area contributed by atoms with Crippen LogP contribution in [0.25, 0.3) is 0 Å². The summed E-state index contributed by atoms with van der Waals surface area (Å²) in [5.41, 5.74) is 1.42. The molecule has 0 aromatic heterocycles. The number of halogens is 2. The van der Waals surface area contributed by atoms with E-state index in [0.717, 1.165) is 36.5 Å². The van der Waals surface area contributed by atoms with Crippen molar-refractivity contribution in [2.45, 2.75) is 26.2 Å². The molecule has 1 fully saturated rings. The monoisotopic (exact) mass is 343 g/mol. The minimum Gasteiger partial charge on any atom is -0.383 e. The van der Waals surface area contributed by atoms with E-state index in [-0.39, 0.29) is 11.2 Å². The molecule has 1 aromatic rings. The lowest BCUT2D eigenvalue weighted by Gasteiger charge is -2.31. The van der Waals surface area contributed by atoms with Crippen LogP contribution in [-0.2, 0) is 11.2 Å². The molecule has 0 radical (unpaired) electrons. The smallest absolute Gasteiger partial charge is 0.124 e. The van der Waals surface area contributed by atoms with Crippen molar-refractivity contribution >= 4 is 15.9 Å². The molecular weight excluding hydrogens is 321 g/mol. The first-order chi connectivity index (χ1) is 9.55. The summed E-state index contributed by atoms with van der Waals surface area (Å²) in [6, 6.07) is 5.00. The molecule has 1 aromatic carbocycles. The molecule has 2 nitrogen and oxygen atoms in total. The lowest BCUT2D eigenvalue weighted by atomic mass is 9.79. The normalized spacial score (nSPS) is 18.0. The minimum absolute atomic E-state index is 0.188. The van der Waals surface area contributed by atoms with Crippen molar-refractivity contribution in [3.8, 4) is 0 Å². The van der Waals surface area contributed by atoms with Gasteiger partial charge < -0.3 is 10.1 Å². The molecular formula is C16H23BrFNO. The van der Waals surface area contributed by atoms with Gasteiger partial charge in [0.05, 0.1) is 6.61 Å². The highest BCUT2D eigenvalue weighted by atomic mass is 79.9. The molecule has 0 aliphatic heterocycles. The summed E-state index contributed by atoms with van der Waals surface area (Å²) in [6.45, 7) is 4.93. The van der Waals surface area contributed by atoms with Crippen molar-refractivity contribution in [3.63, 3.8) is 0 Å². The maximum Gasteiger partial charge on any atom is 0.124 e. The predicted octanol–water partition coefficient (Wildman–Crippen LogP) is 3.78. The molecule has 2 rings (SSSR count). The zero-order valence-corrected chi connectivity index (χ0v) is 13.8. The van der Waals surface area contributed by atoms with E-state index in [1.807, 2.05) is 6.07 Å². The summed E-state index contributed by atoms with van der Waals surface area (Å²) >= 11 is 3.48. The van der Waals surface area contributed by atoms with Crippen LogP contribution < -0.4 is 5.32 Å². The van der Waals surface area contributed by atoms with Crippen molar-refractivity contribution in [3.05, 3.63) is 34.1 Å². The van der Waals surface area contributed by atoms with Crippen LogP contribution >= 0.6 is 15.9 Å². The van der Waals surface area contributed by atoms with Crippen LogP contribution in [0, 0.1) is 17.2 Å². The van der Waals surface area contributed by atoms with Gasteiger partial charge in [0.1, 0.15) is 5.82 Å². The molecule has 1 unspecified atom stereocenters. The Bertz CT molecular complexity index is 450. The molecule has 0 amide bonds. The van der Waals surface area contributed by atoms with E-state index >= 15 is 0 Å². The van der Waals surface area contributed by atoms with E-state index in [1.165, 1.54) is 18.4 Å². The fourth-order valence-corrected chi connectivity index (χ4v) is 3.27. The number of hydrogen-bond acceptors (Lipinski definition) is 2. The average molecular weight is 344 g/mol. The molecule has 1 N–H and O–H groups in total. The fraction of sp³-hybridized carbons (Fsp3) is 0.625. The standard InChI is InChI=1S/C16H23BrFNO/c1-16(13-4-5-13,11-19-7-8-20-2)10-12-3-6-14(18)9-15(12)17/h3,6,9,13,19H,4-5,7-8,10-11H2,1-2H3. The van der Waals surface area contributed by atoms with Gasteiger partial charge in [0.25, 0.3) is 0 Å². The summed E-state index contributed by atoms with van der Waals surface area (Å²) in [7, 11) is 1.72. The predicted molar refractivity (Wildman–Crippen MR) is 83.4 cm³/mol. The van der Waals surface area contributed by atoms with E-state index in [4.69, 9.17) is 4.74 Å². The van der Waals surface area contributed by atoms with E-state index in [0.29, 0.717) is 0 Å². The third-order valence-electron chi connectivity index (χ3n) is 4.18. The topological polar surface area (TPSA) is 21.3 Å². The van der Waals surface area contributed by atoms with Crippen molar-refractivity contribution in [2.75, 3.05) is 26.8 Å². The largest absolute Gasteiger partial charge is 0.383 e. The Balaban J connectivity index is 2.00. The van der Waals surface area contributed by atoms with Gasteiger partial charge in [-0.25, -0.2) is 4.39 Å². The second kappa shape index (κ2) is 7.01. The third kappa shape index (κ3) is 4.27. The summed E-state index contributed by atoms with van der Waals surface area (Å²) in [5, 5.41) is 3.48. The minimum atomic E-state index is -0.188. The van der Waals surface area contributed by atoms with Crippen LogP contribution in [0.2, 0.25) is 0 Å². The Morgan fingerprint density at radius 1 is 1.45 bits per heavy atom. The third-order valence-corrected chi connectivity index (χ3v) is 4.92. The molecule has 1 atom stereocenters. The summed E-state index contributed by atoms with van der Waals surface area (Å²) in [5.74, 6) is 0.585. The first-order valence-corrected chi connectivity index (χ1v) is 7.98. The SMILES string of the molecule is COCCNCC(C)(Cc1ccc(F)cc1Br)C1CC1. The van der Waals surface area contributed by atoms with E-state index < -0.39 is 0 Å². The number of methoxy groups -OCH3 is 1.